The van der Waals surface area contributed by atoms with E-state index in [1.807, 2.05) is 6.08 Å². The highest BCUT2D eigenvalue weighted by Crippen LogP contribution is 2.46. The molecule has 0 aliphatic heterocycles. The van der Waals surface area contributed by atoms with Crippen molar-refractivity contribution in [1.29, 1.82) is 0 Å². The van der Waals surface area contributed by atoms with Crippen molar-refractivity contribution < 1.29 is 15.0 Å². The van der Waals surface area contributed by atoms with Gasteiger partial charge in [-0.2, -0.15) is 0 Å². The van der Waals surface area contributed by atoms with Crippen LogP contribution in [0.5, 0.6) is 0 Å². The molecule has 0 aromatic heterocycles. The Kier molecular flexibility index (Phi) is 2.70. The lowest BCUT2D eigenvalue weighted by Crippen LogP contribution is -2.17. The molecule has 2 aliphatic carbocycles. The first kappa shape index (κ1) is 9.87. The summed E-state index contributed by atoms with van der Waals surface area (Å²) in [4.78, 5) is 11.2. The van der Waals surface area contributed by atoms with Crippen molar-refractivity contribution in [2.45, 2.75) is 25.4 Å². The van der Waals surface area contributed by atoms with Crippen LogP contribution in [0.3, 0.4) is 0 Å². The molecule has 0 heterocycles. The molecule has 4 unspecified atom stereocenters. The van der Waals surface area contributed by atoms with Crippen molar-refractivity contribution in [3.63, 3.8) is 0 Å². The maximum Gasteiger partial charge on any atom is 0.133 e. The van der Waals surface area contributed by atoms with Gasteiger partial charge in [-0.25, -0.2) is 0 Å². The number of carbonyl (C=O) groups is 1. The van der Waals surface area contributed by atoms with Crippen molar-refractivity contribution >= 4 is 5.78 Å². The van der Waals surface area contributed by atoms with Gasteiger partial charge in [0, 0.05) is 18.8 Å². The molecule has 4 atom stereocenters. The molecular weight excluding hydrogens is 180 g/mol. The summed E-state index contributed by atoms with van der Waals surface area (Å²) >= 11 is 0. The number of ketones is 1. The number of hydrogen-bond donors (Lipinski definition) is 2. The molecular formula is C11H16O3. The van der Waals surface area contributed by atoms with Crippen molar-refractivity contribution in [3.05, 3.63) is 12.2 Å². The summed E-state index contributed by atoms with van der Waals surface area (Å²) < 4.78 is 0. The maximum atomic E-state index is 11.2. The number of carbonyl (C=O) groups excluding carboxylic acids is 1. The summed E-state index contributed by atoms with van der Waals surface area (Å²) in [7, 11) is 0. The second-order valence-corrected chi connectivity index (χ2v) is 4.36. The van der Waals surface area contributed by atoms with Crippen LogP contribution in [0.4, 0.5) is 0 Å². The largest absolute Gasteiger partial charge is 0.392 e. The summed E-state index contributed by atoms with van der Waals surface area (Å²) in [6.45, 7) is 0.00849. The molecule has 14 heavy (non-hydrogen) atoms. The molecule has 2 aliphatic rings. The molecule has 3 heteroatoms. The van der Waals surface area contributed by atoms with E-state index in [0.29, 0.717) is 30.5 Å². The summed E-state index contributed by atoms with van der Waals surface area (Å²) in [5.41, 5.74) is 0. The molecule has 0 aromatic rings. The van der Waals surface area contributed by atoms with Gasteiger partial charge < -0.3 is 10.2 Å². The van der Waals surface area contributed by atoms with E-state index in [-0.39, 0.29) is 18.6 Å². The number of Topliss-reactive ketones (excluding diaryl/α,β-unsaturated/α-hetero) is 1. The normalized spacial score (nSPS) is 42.3. The summed E-state index contributed by atoms with van der Waals surface area (Å²) in [5.74, 6) is 1.11. The van der Waals surface area contributed by atoms with E-state index in [1.165, 1.54) is 0 Å². The Morgan fingerprint density at radius 2 is 2.21 bits per heavy atom. The smallest absolute Gasteiger partial charge is 0.133 e. The van der Waals surface area contributed by atoms with Crippen molar-refractivity contribution in [2.24, 2.45) is 17.8 Å². The molecule has 3 nitrogen and oxygen atoms in total. The van der Waals surface area contributed by atoms with E-state index in [0.717, 1.165) is 6.42 Å². The van der Waals surface area contributed by atoms with Gasteiger partial charge in [0.15, 0.2) is 0 Å². The molecule has 2 saturated carbocycles. The Morgan fingerprint density at radius 1 is 1.43 bits per heavy atom. The average Bonchev–Trinajstić information content (AvgIpc) is 2.58. The molecule has 0 radical (unpaired) electrons. The second-order valence-electron chi connectivity index (χ2n) is 4.36. The van der Waals surface area contributed by atoms with Gasteiger partial charge in [-0.3, -0.25) is 4.79 Å². The van der Waals surface area contributed by atoms with Crippen LogP contribution in [0, 0.1) is 17.8 Å². The molecule has 2 rings (SSSR count). The molecule has 0 saturated heterocycles. The van der Waals surface area contributed by atoms with Gasteiger partial charge in [-0.15, -0.1) is 0 Å². The Hall–Kier alpha value is -0.670. The van der Waals surface area contributed by atoms with Crippen LogP contribution in [0.25, 0.3) is 0 Å². The van der Waals surface area contributed by atoms with Crippen LogP contribution < -0.4 is 0 Å². The standard InChI is InChI=1S/C11H16O3/c12-3-1-2-9-10-6-8(13)4-7(10)5-11(9)14/h1-2,7,9-12,14H,3-6H2/b2-1+. The summed E-state index contributed by atoms with van der Waals surface area (Å²) in [5, 5.41) is 18.4. The minimum Gasteiger partial charge on any atom is -0.392 e. The zero-order valence-electron chi connectivity index (χ0n) is 8.10. The van der Waals surface area contributed by atoms with Gasteiger partial charge in [0.1, 0.15) is 5.78 Å². The lowest BCUT2D eigenvalue weighted by Gasteiger charge is -2.15. The van der Waals surface area contributed by atoms with E-state index < -0.39 is 0 Å². The third-order valence-electron chi connectivity index (χ3n) is 3.51. The van der Waals surface area contributed by atoms with E-state index in [1.54, 1.807) is 6.08 Å². The molecule has 0 amide bonds. The Balaban J connectivity index is 2.08. The van der Waals surface area contributed by atoms with E-state index >= 15 is 0 Å². The number of fused-ring (bicyclic) bond motifs is 1. The topological polar surface area (TPSA) is 57.5 Å². The average molecular weight is 196 g/mol. The Bertz CT molecular complexity index is 259. The fourth-order valence-corrected chi connectivity index (χ4v) is 2.91. The van der Waals surface area contributed by atoms with Crippen LogP contribution in [-0.2, 0) is 4.79 Å². The number of hydrogen-bond acceptors (Lipinski definition) is 3. The van der Waals surface area contributed by atoms with Gasteiger partial charge in [-0.1, -0.05) is 12.2 Å². The van der Waals surface area contributed by atoms with Crippen LogP contribution in [0.1, 0.15) is 19.3 Å². The molecule has 0 spiro atoms. The first-order valence-electron chi connectivity index (χ1n) is 5.19. The monoisotopic (exact) mass is 196 g/mol. The third-order valence-corrected chi connectivity index (χ3v) is 3.51. The summed E-state index contributed by atoms with van der Waals surface area (Å²) in [6.07, 6.45) is 5.22. The molecule has 2 fully saturated rings. The highest BCUT2D eigenvalue weighted by atomic mass is 16.3. The first-order valence-corrected chi connectivity index (χ1v) is 5.19. The molecule has 0 aromatic carbocycles. The number of aliphatic hydroxyl groups excluding tert-OH is 2. The van der Waals surface area contributed by atoms with Gasteiger partial charge >= 0.3 is 0 Å². The van der Waals surface area contributed by atoms with Crippen molar-refractivity contribution in [1.82, 2.24) is 0 Å². The zero-order valence-corrected chi connectivity index (χ0v) is 8.10. The van der Waals surface area contributed by atoms with Gasteiger partial charge in [0.2, 0.25) is 0 Å². The number of aliphatic hydroxyl groups is 2. The molecule has 2 N–H and O–H groups in total. The predicted octanol–water partition coefficient (Wildman–Crippen LogP) is 0.511. The highest BCUT2D eigenvalue weighted by Gasteiger charge is 2.46. The zero-order chi connectivity index (χ0) is 10.1. The van der Waals surface area contributed by atoms with Gasteiger partial charge in [0.05, 0.1) is 12.7 Å². The highest BCUT2D eigenvalue weighted by molar-refractivity contribution is 5.81. The summed E-state index contributed by atoms with van der Waals surface area (Å²) in [6, 6.07) is 0. The van der Waals surface area contributed by atoms with Crippen LogP contribution >= 0.6 is 0 Å². The second kappa shape index (κ2) is 3.83. The molecule has 0 bridgehead atoms. The predicted molar refractivity (Wildman–Crippen MR) is 51.6 cm³/mol. The van der Waals surface area contributed by atoms with Gasteiger partial charge in [-0.05, 0) is 18.3 Å². The quantitative estimate of drug-likeness (QED) is 0.633. The minimum absolute atomic E-state index is 0.00849. The lowest BCUT2D eigenvalue weighted by atomic mass is 9.91. The first-order chi connectivity index (χ1) is 6.72. The van der Waals surface area contributed by atoms with E-state index in [9.17, 15) is 9.90 Å². The Labute approximate surface area is 83.4 Å². The fourth-order valence-electron chi connectivity index (χ4n) is 2.91. The van der Waals surface area contributed by atoms with Gasteiger partial charge in [0.25, 0.3) is 0 Å². The van der Waals surface area contributed by atoms with E-state index in [4.69, 9.17) is 5.11 Å². The van der Waals surface area contributed by atoms with Crippen molar-refractivity contribution in [3.8, 4) is 0 Å². The minimum atomic E-state index is -0.319. The van der Waals surface area contributed by atoms with Crippen LogP contribution in [0.2, 0.25) is 0 Å². The van der Waals surface area contributed by atoms with Crippen LogP contribution in [0.15, 0.2) is 12.2 Å². The number of rotatable bonds is 2. The fraction of sp³-hybridized carbons (Fsp3) is 0.727. The Morgan fingerprint density at radius 3 is 2.93 bits per heavy atom. The van der Waals surface area contributed by atoms with Crippen LogP contribution in [-0.4, -0.2) is 28.7 Å². The maximum absolute atomic E-state index is 11.2. The molecule has 78 valence electrons. The SMILES string of the molecule is O=C1CC2CC(O)C(/C=C/CO)C2C1. The van der Waals surface area contributed by atoms with E-state index in [2.05, 4.69) is 0 Å². The lowest BCUT2D eigenvalue weighted by molar-refractivity contribution is -0.118. The third kappa shape index (κ3) is 1.62. The van der Waals surface area contributed by atoms with Crippen molar-refractivity contribution in [2.75, 3.05) is 6.61 Å².